The summed E-state index contributed by atoms with van der Waals surface area (Å²) in [5.74, 6) is 0.218. The molecule has 0 radical (unpaired) electrons. The van der Waals surface area contributed by atoms with Gasteiger partial charge in [-0.1, -0.05) is 18.2 Å². The third kappa shape index (κ3) is 5.15. The van der Waals surface area contributed by atoms with Crippen LogP contribution in [0.2, 0.25) is 0 Å². The van der Waals surface area contributed by atoms with Crippen molar-refractivity contribution in [2.24, 2.45) is 0 Å². The number of rotatable bonds is 5. The molecule has 1 unspecified atom stereocenters. The zero-order chi connectivity index (χ0) is 24.5. The van der Waals surface area contributed by atoms with E-state index >= 15 is 0 Å². The molecule has 0 spiro atoms. The van der Waals surface area contributed by atoms with E-state index in [1.807, 2.05) is 35.2 Å². The molecule has 2 heterocycles. The molecule has 2 aliphatic heterocycles. The molecule has 1 saturated heterocycles. The van der Waals surface area contributed by atoms with Crippen LogP contribution in [0, 0.1) is 0 Å². The molecule has 2 amide bonds. The molecule has 9 heteroatoms. The van der Waals surface area contributed by atoms with Gasteiger partial charge in [0.15, 0.2) is 5.78 Å². The summed E-state index contributed by atoms with van der Waals surface area (Å²) in [5.41, 5.74) is 2.89. The van der Waals surface area contributed by atoms with Gasteiger partial charge in [-0.15, -0.1) is 12.4 Å². The van der Waals surface area contributed by atoms with Gasteiger partial charge < -0.3 is 19.4 Å². The monoisotopic (exact) mass is 511 g/mol. The van der Waals surface area contributed by atoms with E-state index in [0.717, 1.165) is 37.3 Å². The highest BCUT2D eigenvalue weighted by Crippen LogP contribution is 2.34. The lowest BCUT2D eigenvalue weighted by atomic mass is 9.92. The first-order chi connectivity index (χ1) is 16.9. The summed E-state index contributed by atoms with van der Waals surface area (Å²) in [6, 6.07) is 12.2. The highest BCUT2D eigenvalue weighted by atomic mass is 35.5. The minimum atomic E-state index is -0.550. The summed E-state index contributed by atoms with van der Waals surface area (Å²) in [6.45, 7) is 3.82. The van der Waals surface area contributed by atoms with Crippen molar-refractivity contribution in [3.05, 3.63) is 64.7 Å². The number of ketones is 2. The SMILES string of the molecule is CN1CCN(C(=O)c2ccc(COc3cccc4c3CN(C3CCC(=O)CC3=O)C4=O)cc2)CC1.Cl. The number of fused-ring (bicyclic) bond motifs is 1. The number of carbonyl (C=O) groups excluding carboxylic acids is 4. The summed E-state index contributed by atoms with van der Waals surface area (Å²) >= 11 is 0. The number of carbonyl (C=O) groups is 4. The van der Waals surface area contributed by atoms with Crippen LogP contribution in [-0.4, -0.2) is 77.3 Å². The second kappa shape index (κ2) is 10.8. The first-order valence-corrected chi connectivity index (χ1v) is 12.1. The zero-order valence-electron chi connectivity index (χ0n) is 20.3. The molecule has 2 aromatic carbocycles. The smallest absolute Gasteiger partial charge is 0.255 e. The van der Waals surface area contributed by atoms with Gasteiger partial charge in [-0.3, -0.25) is 19.2 Å². The lowest BCUT2D eigenvalue weighted by molar-refractivity contribution is -0.133. The van der Waals surface area contributed by atoms with Gasteiger partial charge in [-0.25, -0.2) is 0 Å². The normalized spacial score (nSPS) is 20.2. The quantitative estimate of drug-likeness (QED) is 0.574. The van der Waals surface area contributed by atoms with Crippen molar-refractivity contribution in [2.75, 3.05) is 33.2 Å². The molecule has 2 aromatic rings. The van der Waals surface area contributed by atoms with Gasteiger partial charge in [0.25, 0.3) is 11.8 Å². The number of ether oxygens (including phenoxy) is 1. The lowest BCUT2D eigenvalue weighted by Gasteiger charge is -2.32. The van der Waals surface area contributed by atoms with Crippen molar-refractivity contribution in [1.29, 1.82) is 0 Å². The first kappa shape index (κ1) is 25.9. The molecule has 1 aliphatic carbocycles. The largest absolute Gasteiger partial charge is 0.489 e. The van der Waals surface area contributed by atoms with Crippen molar-refractivity contribution in [3.8, 4) is 5.75 Å². The Morgan fingerprint density at radius 1 is 1.00 bits per heavy atom. The predicted molar refractivity (Wildman–Crippen MR) is 135 cm³/mol. The standard InChI is InChI=1S/C27H29N3O5.ClH/c1-28-11-13-29(14-12-28)26(33)19-7-5-18(6-8-19)17-35-25-4-2-3-21-22(25)16-30(27(21)34)23-10-9-20(31)15-24(23)32;/h2-8,23H,9-17H2,1H3;1H. The fraction of sp³-hybridized carbons (Fsp3) is 0.407. The van der Waals surface area contributed by atoms with Gasteiger partial charge in [0.1, 0.15) is 18.1 Å². The minimum absolute atomic E-state index is 0. The topological polar surface area (TPSA) is 87.2 Å². The van der Waals surface area contributed by atoms with Crippen molar-refractivity contribution >= 4 is 35.8 Å². The van der Waals surface area contributed by atoms with Crippen molar-refractivity contribution in [3.63, 3.8) is 0 Å². The minimum Gasteiger partial charge on any atom is -0.489 e. The van der Waals surface area contributed by atoms with Crippen LogP contribution in [-0.2, 0) is 22.7 Å². The molecule has 1 saturated carbocycles. The Kier molecular flexibility index (Phi) is 7.76. The van der Waals surface area contributed by atoms with Gasteiger partial charge in [-0.2, -0.15) is 0 Å². The number of nitrogens with zero attached hydrogens (tertiary/aromatic N) is 3. The maximum Gasteiger partial charge on any atom is 0.255 e. The van der Waals surface area contributed by atoms with Crippen LogP contribution in [0.4, 0.5) is 0 Å². The Balaban J connectivity index is 0.00000304. The third-order valence-electron chi connectivity index (χ3n) is 7.15. The second-order valence-corrected chi connectivity index (χ2v) is 9.53. The van der Waals surface area contributed by atoms with E-state index in [0.29, 0.717) is 42.9 Å². The van der Waals surface area contributed by atoms with Gasteiger partial charge in [0, 0.05) is 49.3 Å². The van der Waals surface area contributed by atoms with Crippen LogP contribution < -0.4 is 4.74 Å². The van der Waals surface area contributed by atoms with Gasteiger partial charge in [-0.05, 0) is 43.3 Å². The maximum atomic E-state index is 13.0. The Morgan fingerprint density at radius 3 is 2.42 bits per heavy atom. The third-order valence-corrected chi connectivity index (χ3v) is 7.15. The summed E-state index contributed by atoms with van der Waals surface area (Å²) in [4.78, 5) is 55.4. The number of Topliss-reactive ketones (excluding diaryl/α,β-unsaturated/α-hetero) is 2. The lowest BCUT2D eigenvalue weighted by Crippen LogP contribution is -2.47. The van der Waals surface area contributed by atoms with E-state index in [1.54, 1.807) is 17.0 Å². The molecule has 5 rings (SSSR count). The molecule has 36 heavy (non-hydrogen) atoms. The van der Waals surface area contributed by atoms with E-state index in [1.165, 1.54) is 0 Å². The van der Waals surface area contributed by atoms with Crippen molar-refractivity contribution in [1.82, 2.24) is 14.7 Å². The Morgan fingerprint density at radius 2 is 1.72 bits per heavy atom. The molecule has 0 aromatic heterocycles. The Hall–Kier alpha value is -3.23. The molecule has 0 N–H and O–H groups in total. The average molecular weight is 512 g/mol. The van der Waals surface area contributed by atoms with E-state index in [9.17, 15) is 19.2 Å². The number of halogens is 1. The Labute approximate surface area is 216 Å². The van der Waals surface area contributed by atoms with E-state index in [4.69, 9.17) is 4.74 Å². The number of hydrogen-bond acceptors (Lipinski definition) is 6. The molecule has 190 valence electrons. The van der Waals surface area contributed by atoms with E-state index in [2.05, 4.69) is 11.9 Å². The number of benzene rings is 2. The molecule has 3 aliphatic rings. The van der Waals surface area contributed by atoms with Crippen LogP contribution in [0.25, 0.3) is 0 Å². The fourth-order valence-corrected chi connectivity index (χ4v) is 5.00. The van der Waals surface area contributed by atoms with E-state index in [-0.39, 0.29) is 42.2 Å². The van der Waals surface area contributed by atoms with Crippen LogP contribution in [0.1, 0.15) is 51.1 Å². The summed E-state index contributed by atoms with van der Waals surface area (Å²) < 4.78 is 6.07. The van der Waals surface area contributed by atoms with Gasteiger partial charge in [0.2, 0.25) is 0 Å². The summed E-state index contributed by atoms with van der Waals surface area (Å²) in [5, 5.41) is 0. The molecule has 8 nitrogen and oxygen atoms in total. The van der Waals surface area contributed by atoms with Gasteiger partial charge in [0.05, 0.1) is 19.0 Å². The number of likely N-dealkylation sites (N-methyl/N-ethyl adjacent to an activating group) is 1. The molecular formula is C27H30ClN3O5. The molecular weight excluding hydrogens is 482 g/mol. The number of piperazine rings is 1. The highest BCUT2D eigenvalue weighted by Gasteiger charge is 2.40. The van der Waals surface area contributed by atoms with Crippen LogP contribution in [0.15, 0.2) is 42.5 Å². The summed E-state index contributed by atoms with van der Waals surface area (Å²) in [6.07, 6.45) is 0.613. The van der Waals surface area contributed by atoms with Crippen molar-refractivity contribution < 1.29 is 23.9 Å². The molecule has 2 fully saturated rings. The predicted octanol–water partition coefficient (Wildman–Crippen LogP) is 2.72. The first-order valence-electron chi connectivity index (χ1n) is 12.1. The Bertz CT molecular complexity index is 1170. The number of amides is 2. The van der Waals surface area contributed by atoms with E-state index < -0.39 is 6.04 Å². The fourth-order valence-electron chi connectivity index (χ4n) is 5.00. The highest BCUT2D eigenvalue weighted by molar-refractivity contribution is 6.07. The van der Waals surface area contributed by atoms with Crippen LogP contribution in [0.3, 0.4) is 0 Å². The van der Waals surface area contributed by atoms with Crippen LogP contribution in [0.5, 0.6) is 5.75 Å². The van der Waals surface area contributed by atoms with Crippen LogP contribution >= 0.6 is 12.4 Å². The van der Waals surface area contributed by atoms with Gasteiger partial charge >= 0.3 is 0 Å². The summed E-state index contributed by atoms with van der Waals surface area (Å²) in [7, 11) is 2.06. The number of hydrogen-bond donors (Lipinski definition) is 0. The zero-order valence-corrected chi connectivity index (χ0v) is 21.1. The van der Waals surface area contributed by atoms with Crippen molar-refractivity contribution in [2.45, 2.75) is 38.5 Å². The molecule has 0 bridgehead atoms. The average Bonchev–Trinajstić information content (AvgIpc) is 3.20. The second-order valence-electron chi connectivity index (χ2n) is 9.53. The molecule has 1 atom stereocenters. The maximum absolute atomic E-state index is 13.0.